The maximum absolute atomic E-state index is 12.7. The van der Waals surface area contributed by atoms with Gasteiger partial charge in [-0.05, 0) is 179 Å². The van der Waals surface area contributed by atoms with Crippen LogP contribution in [-0.2, 0) is 36.6 Å². The van der Waals surface area contributed by atoms with Gasteiger partial charge in [-0.25, -0.2) is 0 Å². The van der Waals surface area contributed by atoms with Gasteiger partial charge in [0, 0.05) is 66.5 Å². The molecule has 0 aliphatic carbocycles. The van der Waals surface area contributed by atoms with Gasteiger partial charge in [-0.2, -0.15) is 0 Å². The van der Waals surface area contributed by atoms with Crippen LogP contribution >= 0.6 is 22.7 Å². The van der Waals surface area contributed by atoms with Gasteiger partial charge in [0.15, 0.2) is 0 Å². The lowest BCUT2D eigenvalue weighted by Crippen LogP contribution is -2.28. The van der Waals surface area contributed by atoms with Crippen molar-refractivity contribution in [1.82, 2.24) is 0 Å². The van der Waals surface area contributed by atoms with Gasteiger partial charge < -0.3 is 24.0 Å². The molecule has 0 aliphatic rings. The number of ether oxygens (including phenoxy) is 3. The number of carbonyl (C=O) groups excluding carboxylic acids is 2. The minimum absolute atomic E-state index is 0.146. The quantitative estimate of drug-likeness (QED) is 0.0417. The lowest BCUT2D eigenvalue weighted by atomic mass is 10.0. The lowest BCUT2D eigenvalue weighted by Gasteiger charge is -2.26. The fourth-order valence-electron chi connectivity index (χ4n) is 9.20. The summed E-state index contributed by atoms with van der Waals surface area (Å²) in [6.07, 6.45) is 6.94. The predicted molar refractivity (Wildman–Crippen MR) is 310 cm³/mol. The standard InChI is InChI=1S/C65H70N2O5S2/c1-7-9-45-65(5,6)72-63(69)43-25-49-22-32-55(33-23-49)67(53-18-14-11-15-19-53)57-36-28-51(29-37-57)59-39-41-61(74-59)60-40-38-58(73-60)50-26-34-56(35-27-50)66(52-16-12-10-13-17-52)54-30-20-48(21-31-54)24-42-62(68)70-46-47-71-64(3,4)44-8-2/h10-23,26-41H,7-9,24-25,42-47H2,1-6H3. The van der Waals surface area contributed by atoms with Crippen molar-refractivity contribution in [2.45, 2.75) is 111 Å². The van der Waals surface area contributed by atoms with Gasteiger partial charge in [0.2, 0.25) is 0 Å². The zero-order valence-corrected chi connectivity index (χ0v) is 45.5. The Labute approximate surface area is 447 Å². The number of anilines is 6. The number of hydrogen-bond acceptors (Lipinski definition) is 9. The highest BCUT2D eigenvalue weighted by molar-refractivity contribution is 7.25. The van der Waals surface area contributed by atoms with E-state index in [1.54, 1.807) is 0 Å². The summed E-state index contributed by atoms with van der Waals surface area (Å²) in [6, 6.07) is 64.4. The molecule has 0 saturated carbocycles. The van der Waals surface area contributed by atoms with E-state index in [0.717, 1.165) is 77.4 Å². The number of unbranched alkanes of at least 4 members (excludes halogenated alkanes) is 1. The summed E-state index contributed by atoms with van der Waals surface area (Å²) >= 11 is 3.62. The summed E-state index contributed by atoms with van der Waals surface area (Å²) in [5.74, 6) is -0.355. The summed E-state index contributed by atoms with van der Waals surface area (Å²) in [6.45, 7) is 13.1. The molecule has 0 spiro atoms. The highest BCUT2D eigenvalue weighted by atomic mass is 32.1. The monoisotopic (exact) mass is 1020 g/mol. The first kappa shape index (κ1) is 53.5. The molecule has 6 aromatic carbocycles. The normalized spacial score (nSPS) is 11.6. The van der Waals surface area contributed by atoms with Crippen molar-refractivity contribution in [3.8, 4) is 30.6 Å². The second-order valence-electron chi connectivity index (χ2n) is 20.0. The van der Waals surface area contributed by atoms with E-state index in [4.69, 9.17) is 14.2 Å². The SMILES string of the molecule is CCCCC(C)(C)OC(=O)CCc1ccc(N(c2ccccc2)c2ccc(-c3ccc(-c4ccc(-c5ccc(N(c6ccccc6)c6ccc(CCC(=O)OCCOC(C)(C)CCC)cc6)cc5)s4)s3)cc2)cc1. The maximum Gasteiger partial charge on any atom is 0.306 e. The predicted octanol–water partition coefficient (Wildman–Crippen LogP) is 18.3. The molecule has 0 atom stereocenters. The topological polar surface area (TPSA) is 68.3 Å². The van der Waals surface area contributed by atoms with E-state index in [1.807, 2.05) is 48.7 Å². The Morgan fingerprint density at radius 3 is 1.27 bits per heavy atom. The van der Waals surface area contributed by atoms with Crippen LogP contribution in [0.1, 0.15) is 97.6 Å². The third-order valence-corrected chi connectivity index (χ3v) is 15.6. The van der Waals surface area contributed by atoms with Crippen LogP contribution in [0.3, 0.4) is 0 Å². The number of hydrogen-bond donors (Lipinski definition) is 0. The van der Waals surface area contributed by atoms with Gasteiger partial charge in [-0.3, -0.25) is 9.59 Å². The summed E-state index contributed by atoms with van der Waals surface area (Å²) < 4.78 is 17.2. The van der Waals surface area contributed by atoms with E-state index in [9.17, 15) is 9.59 Å². The number of carbonyl (C=O) groups is 2. The maximum atomic E-state index is 12.7. The molecule has 0 radical (unpaired) electrons. The molecule has 7 nitrogen and oxygen atoms in total. The molecular weight excluding hydrogens is 953 g/mol. The average Bonchev–Trinajstić information content (AvgIpc) is 4.12. The Hall–Kier alpha value is -6.78. The Morgan fingerprint density at radius 2 is 0.838 bits per heavy atom. The minimum Gasteiger partial charge on any atom is -0.463 e. The zero-order chi connectivity index (χ0) is 51.9. The molecular formula is C65H70N2O5S2. The number of nitrogens with zero attached hydrogens (tertiary/aromatic N) is 2. The first-order valence-corrected chi connectivity index (χ1v) is 27.8. The minimum atomic E-state index is -0.435. The van der Waals surface area contributed by atoms with Crippen molar-refractivity contribution in [1.29, 1.82) is 0 Å². The number of esters is 2. The molecule has 382 valence electrons. The molecule has 8 aromatic rings. The van der Waals surface area contributed by atoms with Crippen LogP contribution < -0.4 is 9.80 Å². The largest absolute Gasteiger partial charge is 0.463 e. The molecule has 2 aromatic heterocycles. The second kappa shape index (κ2) is 25.4. The average molecular weight is 1020 g/mol. The Kier molecular flexibility index (Phi) is 18.4. The molecule has 8 rings (SSSR count). The molecule has 0 bridgehead atoms. The van der Waals surface area contributed by atoms with Gasteiger partial charge in [0.25, 0.3) is 0 Å². The smallest absolute Gasteiger partial charge is 0.306 e. The van der Waals surface area contributed by atoms with Crippen LogP contribution in [0.4, 0.5) is 34.1 Å². The van der Waals surface area contributed by atoms with Gasteiger partial charge in [0.05, 0.1) is 12.2 Å². The van der Waals surface area contributed by atoms with Gasteiger partial charge in [-0.15, -0.1) is 22.7 Å². The first-order valence-electron chi connectivity index (χ1n) is 26.2. The third kappa shape index (κ3) is 14.7. The van der Waals surface area contributed by atoms with Crippen LogP contribution in [0.2, 0.25) is 0 Å². The molecule has 74 heavy (non-hydrogen) atoms. The molecule has 0 amide bonds. The van der Waals surface area contributed by atoms with E-state index in [-0.39, 0.29) is 24.1 Å². The van der Waals surface area contributed by atoms with Crippen molar-refractivity contribution < 1.29 is 23.8 Å². The number of para-hydroxylation sites is 2. The summed E-state index contributed by atoms with van der Waals surface area (Å²) in [7, 11) is 0. The Bertz CT molecular complexity index is 3000. The third-order valence-electron chi connectivity index (χ3n) is 13.1. The highest BCUT2D eigenvalue weighted by Crippen LogP contribution is 2.43. The second-order valence-corrected chi connectivity index (χ2v) is 22.2. The van der Waals surface area contributed by atoms with E-state index in [0.29, 0.717) is 32.3 Å². The molecule has 0 saturated heterocycles. The number of rotatable bonds is 25. The fraction of sp³-hybridized carbons (Fsp3) is 0.292. The van der Waals surface area contributed by atoms with Crippen LogP contribution in [-0.4, -0.2) is 36.4 Å². The molecule has 0 aliphatic heterocycles. The Balaban J connectivity index is 0.900. The molecule has 2 heterocycles. The van der Waals surface area contributed by atoms with Gasteiger partial charge >= 0.3 is 11.9 Å². The first-order chi connectivity index (χ1) is 35.9. The lowest BCUT2D eigenvalue weighted by molar-refractivity contribution is -0.157. The van der Waals surface area contributed by atoms with Crippen molar-refractivity contribution in [3.05, 3.63) is 193 Å². The van der Waals surface area contributed by atoms with E-state index in [2.05, 4.69) is 207 Å². The number of thiophene rings is 2. The number of aryl methyl sites for hydroxylation is 2. The van der Waals surface area contributed by atoms with Crippen molar-refractivity contribution in [3.63, 3.8) is 0 Å². The highest BCUT2D eigenvalue weighted by Gasteiger charge is 2.23. The van der Waals surface area contributed by atoms with Crippen molar-refractivity contribution in [2.24, 2.45) is 0 Å². The molecule has 0 N–H and O–H groups in total. The summed E-state index contributed by atoms with van der Waals surface area (Å²) in [5, 5.41) is 0. The molecule has 0 unspecified atom stereocenters. The van der Waals surface area contributed by atoms with E-state index in [1.165, 1.54) is 30.6 Å². The summed E-state index contributed by atoms with van der Waals surface area (Å²) in [5.41, 5.74) is 10.2. The van der Waals surface area contributed by atoms with Crippen LogP contribution in [0.15, 0.2) is 182 Å². The van der Waals surface area contributed by atoms with Crippen molar-refractivity contribution in [2.75, 3.05) is 23.0 Å². The molecule has 9 heteroatoms. The Morgan fingerprint density at radius 1 is 0.432 bits per heavy atom. The van der Waals surface area contributed by atoms with Crippen LogP contribution in [0.25, 0.3) is 30.6 Å². The summed E-state index contributed by atoms with van der Waals surface area (Å²) in [4.78, 5) is 34.7. The zero-order valence-electron chi connectivity index (χ0n) is 43.9. The van der Waals surface area contributed by atoms with E-state index < -0.39 is 5.60 Å². The van der Waals surface area contributed by atoms with Crippen LogP contribution in [0.5, 0.6) is 0 Å². The molecule has 0 fully saturated rings. The van der Waals surface area contributed by atoms with Crippen molar-refractivity contribution >= 4 is 68.7 Å². The van der Waals surface area contributed by atoms with E-state index >= 15 is 0 Å². The van der Waals surface area contributed by atoms with Gasteiger partial charge in [-0.1, -0.05) is 112 Å². The number of benzene rings is 6. The van der Waals surface area contributed by atoms with Crippen LogP contribution in [0, 0.1) is 0 Å². The fourth-order valence-corrected chi connectivity index (χ4v) is 11.3. The van der Waals surface area contributed by atoms with Gasteiger partial charge in [0.1, 0.15) is 12.2 Å².